The van der Waals surface area contributed by atoms with Crippen molar-refractivity contribution >= 4 is 33.9 Å². The van der Waals surface area contributed by atoms with Crippen LogP contribution in [-0.2, 0) is 9.53 Å². The van der Waals surface area contributed by atoms with Crippen molar-refractivity contribution in [1.29, 1.82) is 0 Å². The zero-order valence-electron chi connectivity index (χ0n) is 12.5. The van der Waals surface area contributed by atoms with Gasteiger partial charge in [-0.2, -0.15) is 0 Å². The Morgan fingerprint density at radius 1 is 1.09 bits per heavy atom. The minimum Gasteiger partial charge on any atom is -0.402 e. The molecule has 0 bridgehead atoms. The summed E-state index contributed by atoms with van der Waals surface area (Å²) in [6, 6.07) is 17.4. The minimum absolute atomic E-state index is 0.306. The summed E-state index contributed by atoms with van der Waals surface area (Å²) >= 11 is 3.44. The van der Waals surface area contributed by atoms with Crippen LogP contribution in [0.5, 0.6) is 0 Å². The highest BCUT2D eigenvalue weighted by Crippen LogP contribution is 2.23. The maximum Gasteiger partial charge on any atom is 0.363 e. The van der Waals surface area contributed by atoms with Crippen molar-refractivity contribution < 1.29 is 9.53 Å². The van der Waals surface area contributed by atoms with Crippen LogP contribution in [-0.4, -0.2) is 11.9 Å². The molecule has 3 nitrogen and oxygen atoms in total. The van der Waals surface area contributed by atoms with Crippen LogP contribution in [0.25, 0.3) is 6.08 Å². The second-order valence-corrected chi connectivity index (χ2v) is 5.97. The Kier molecular flexibility index (Phi) is 4.53. The van der Waals surface area contributed by atoms with E-state index in [9.17, 15) is 4.79 Å². The monoisotopic (exact) mass is 367 g/mol. The van der Waals surface area contributed by atoms with Crippen molar-refractivity contribution in [1.82, 2.24) is 0 Å². The van der Waals surface area contributed by atoms with Crippen LogP contribution in [0.4, 0.5) is 0 Å². The molecule has 0 aromatic heterocycles. The highest BCUT2D eigenvalue weighted by molar-refractivity contribution is 9.10. The minimum atomic E-state index is -0.434. The number of halogens is 1. The predicted molar refractivity (Wildman–Crippen MR) is 94.9 cm³/mol. The zero-order chi connectivity index (χ0) is 16.2. The summed E-state index contributed by atoms with van der Waals surface area (Å²) < 4.78 is 6.11. The van der Waals surface area contributed by atoms with Gasteiger partial charge in [-0.15, -0.1) is 0 Å². The maximum atomic E-state index is 12.0. The van der Waals surface area contributed by atoms with Gasteiger partial charge in [0, 0.05) is 4.47 Å². The van der Waals surface area contributed by atoms with Gasteiger partial charge in [0.05, 0.1) is 5.56 Å². The summed E-state index contributed by atoms with van der Waals surface area (Å²) in [5.74, 6) is -0.113. The molecule has 2 aromatic carbocycles. The Morgan fingerprint density at radius 2 is 1.78 bits per heavy atom. The number of aliphatic imine (C=N–C) groups is 1. The molecular formula is C19H14BrNO2. The lowest BCUT2D eigenvalue weighted by atomic mass is 10.1. The van der Waals surface area contributed by atoms with Crippen molar-refractivity contribution in [3.63, 3.8) is 0 Å². The number of carbonyl (C=O) groups is 1. The molecule has 23 heavy (non-hydrogen) atoms. The van der Waals surface area contributed by atoms with Gasteiger partial charge < -0.3 is 4.74 Å². The molecule has 0 spiro atoms. The third-order valence-corrected chi connectivity index (χ3v) is 3.97. The molecule has 0 saturated heterocycles. The first-order chi connectivity index (χ1) is 11.1. The Hall–Kier alpha value is -2.46. The fraction of sp³-hybridized carbons (Fsp3) is 0.0526. The van der Waals surface area contributed by atoms with E-state index in [0.29, 0.717) is 11.6 Å². The average Bonchev–Trinajstić information content (AvgIpc) is 2.89. The molecule has 1 heterocycles. The molecule has 0 atom stereocenters. The third-order valence-electron chi connectivity index (χ3n) is 3.28. The molecule has 1 aliphatic heterocycles. The first-order valence-electron chi connectivity index (χ1n) is 7.14. The summed E-state index contributed by atoms with van der Waals surface area (Å²) in [5.41, 5.74) is 3.07. The van der Waals surface area contributed by atoms with Gasteiger partial charge in [-0.25, -0.2) is 9.79 Å². The summed E-state index contributed by atoms with van der Waals surface area (Å²) in [6.45, 7) is 1.93. The Labute approximate surface area is 143 Å². The molecule has 0 aliphatic carbocycles. The molecule has 2 aromatic rings. The van der Waals surface area contributed by atoms with E-state index in [0.717, 1.165) is 21.2 Å². The highest BCUT2D eigenvalue weighted by atomic mass is 79.9. The van der Waals surface area contributed by atoms with Crippen LogP contribution < -0.4 is 0 Å². The summed E-state index contributed by atoms with van der Waals surface area (Å²) in [4.78, 5) is 16.3. The number of cyclic esters (lactones) is 1. The topological polar surface area (TPSA) is 38.7 Å². The standard InChI is InChI=1S/C19H14BrNO2/c1-13(11-14-7-3-2-4-8-14)12-17-19(22)23-18(21-17)15-9-5-6-10-16(15)20/h2-12H,1H3/b13-11-,17-12+. The molecule has 0 saturated carbocycles. The third kappa shape index (κ3) is 3.66. The van der Waals surface area contributed by atoms with Gasteiger partial charge in [0.2, 0.25) is 5.90 Å². The van der Waals surface area contributed by atoms with Gasteiger partial charge in [-0.3, -0.25) is 0 Å². The zero-order valence-corrected chi connectivity index (χ0v) is 14.1. The number of ether oxygens (including phenoxy) is 1. The fourth-order valence-electron chi connectivity index (χ4n) is 2.23. The van der Waals surface area contributed by atoms with Crippen molar-refractivity contribution in [3.05, 3.63) is 87.5 Å². The maximum absolute atomic E-state index is 12.0. The number of nitrogens with zero attached hydrogens (tertiary/aromatic N) is 1. The molecule has 0 unspecified atom stereocenters. The van der Waals surface area contributed by atoms with Crippen molar-refractivity contribution in [3.8, 4) is 0 Å². The van der Waals surface area contributed by atoms with Crippen molar-refractivity contribution in [2.24, 2.45) is 4.99 Å². The second-order valence-electron chi connectivity index (χ2n) is 5.11. The van der Waals surface area contributed by atoms with Crippen LogP contribution in [0, 0.1) is 0 Å². The molecule has 3 rings (SSSR count). The molecule has 1 aliphatic rings. The number of rotatable bonds is 3. The SMILES string of the molecule is CC(=C/c1ccccc1)/C=C1/N=C(c2ccccc2Br)OC1=O. The van der Waals surface area contributed by atoms with Crippen LogP contribution in [0.3, 0.4) is 0 Å². The lowest BCUT2D eigenvalue weighted by Gasteiger charge is -2.01. The van der Waals surface area contributed by atoms with Gasteiger partial charge >= 0.3 is 5.97 Å². The number of benzene rings is 2. The van der Waals surface area contributed by atoms with Gasteiger partial charge in [0.25, 0.3) is 0 Å². The lowest BCUT2D eigenvalue weighted by molar-refractivity contribution is -0.130. The van der Waals surface area contributed by atoms with Gasteiger partial charge in [0.15, 0.2) is 5.70 Å². The largest absolute Gasteiger partial charge is 0.402 e. The van der Waals surface area contributed by atoms with Gasteiger partial charge in [-0.05, 0) is 52.2 Å². The van der Waals surface area contributed by atoms with E-state index in [1.54, 1.807) is 6.08 Å². The van der Waals surface area contributed by atoms with E-state index in [1.165, 1.54) is 0 Å². The molecule has 4 heteroatoms. The first kappa shape index (κ1) is 15.4. The van der Waals surface area contributed by atoms with E-state index in [1.807, 2.05) is 67.6 Å². The van der Waals surface area contributed by atoms with Crippen LogP contribution >= 0.6 is 15.9 Å². The van der Waals surface area contributed by atoms with E-state index in [4.69, 9.17) is 4.74 Å². The smallest absolute Gasteiger partial charge is 0.363 e. The Bertz CT molecular complexity index is 835. The van der Waals surface area contributed by atoms with Crippen molar-refractivity contribution in [2.45, 2.75) is 6.92 Å². The number of carbonyl (C=O) groups excluding carboxylic acids is 1. The van der Waals surface area contributed by atoms with Gasteiger partial charge in [-0.1, -0.05) is 48.5 Å². The number of esters is 1. The number of hydrogen-bond acceptors (Lipinski definition) is 3. The van der Waals surface area contributed by atoms with E-state index < -0.39 is 5.97 Å². The fourth-order valence-corrected chi connectivity index (χ4v) is 2.68. The van der Waals surface area contributed by atoms with E-state index >= 15 is 0 Å². The molecular weight excluding hydrogens is 354 g/mol. The van der Waals surface area contributed by atoms with E-state index in [2.05, 4.69) is 20.9 Å². The highest BCUT2D eigenvalue weighted by Gasteiger charge is 2.25. The predicted octanol–water partition coefficient (Wildman–Crippen LogP) is 4.74. The molecule has 0 amide bonds. The van der Waals surface area contributed by atoms with E-state index in [-0.39, 0.29) is 0 Å². The molecule has 0 fully saturated rings. The van der Waals surface area contributed by atoms with Crippen LogP contribution in [0.15, 0.2) is 81.4 Å². The van der Waals surface area contributed by atoms with Crippen molar-refractivity contribution in [2.75, 3.05) is 0 Å². The first-order valence-corrected chi connectivity index (χ1v) is 7.93. The number of allylic oxidation sites excluding steroid dienone is 2. The number of hydrogen-bond donors (Lipinski definition) is 0. The Balaban J connectivity index is 1.89. The normalized spacial score (nSPS) is 16.4. The summed E-state index contributed by atoms with van der Waals surface area (Å²) in [7, 11) is 0. The van der Waals surface area contributed by atoms with Crippen LogP contribution in [0.1, 0.15) is 18.1 Å². The average molecular weight is 368 g/mol. The molecule has 0 radical (unpaired) electrons. The summed E-state index contributed by atoms with van der Waals surface area (Å²) in [5, 5.41) is 0. The molecule has 114 valence electrons. The summed E-state index contributed by atoms with van der Waals surface area (Å²) in [6.07, 6.45) is 3.73. The lowest BCUT2D eigenvalue weighted by Crippen LogP contribution is -2.05. The van der Waals surface area contributed by atoms with Gasteiger partial charge in [0.1, 0.15) is 0 Å². The van der Waals surface area contributed by atoms with Crippen LogP contribution in [0.2, 0.25) is 0 Å². The Morgan fingerprint density at radius 3 is 2.52 bits per heavy atom. The molecule has 0 N–H and O–H groups in total. The quantitative estimate of drug-likeness (QED) is 0.580. The second kappa shape index (κ2) is 6.75.